The van der Waals surface area contributed by atoms with Gasteiger partial charge in [0.2, 0.25) is 0 Å². The van der Waals surface area contributed by atoms with Crippen LogP contribution >= 0.6 is 0 Å². The summed E-state index contributed by atoms with van der Waals surface area (Å²) in [6.07, 6.45) is 0.785. The Hall–Kier alpha value is -1.68. The molecule has 0 spiro atoms. The van der Waals surface area contributed by atoms with Crippen molar-refractivity contribution in [2.45, 2.75) is 12.2 Å². The summed E-state index contributed by atoms with van der Waals surface area (Å²) in [5.74, 6) is 0. The lowest BCUT2D eigenvalue weighted by molar-refractivity contribution is 0.102. The molecule has 110 valence electrons. The van der Waals surface area contributed by atoms with Gasteiger partial charge in [-0.15, -0.1) is 0 Å². The Morgan fingerprint density at radius 2 is 1.10 bits per heavy atom. The molecular formula is C18H20O3. The Kier molecular flexibility index (Phi) is 5.00. The van der Waals surface area contributed by atoms with Crippen LogP contribution in [0.2, 0.25) is 0 Å². The number of hydrogen-bond acceptors (Lipinski definition) is 3. The normalized spacial score (nSPS) is 22.1. The zero-order chi connectivity index (χ0) is 14.3. The van der Waals surface area contributed by atoms with Crippen molar-refractivity contribution in [3.63, 3.8) is 0 Å². The van der Waals surface area contributed by atoms with E-state index < -0.39 is 0 Å². The van der Waals surface area contributed by atoms with Crippen LogP contribution in [0, 0.1) is 0 Å². The van der Waals surface area contributed by atoms with Gasteiger partial charge in [0.15, 0.2) is 0 Å². The predicted molar refractivity (Wildman–Crippen MR) is 82.2 cm³/mol. The SMILES string of the molecule is C(OCC1CO1)C1CO1.c1ccc(-c2ccccc2)cc1. The maximum absolute atomic E-state index is 5.23. The molecule has 3 nitrogen and oxygen atoms in total. The van der Waals surface area contributed by atoms with Gasteiger partial charge < -0.3 is 14.2 Å². The fourth-order valence-electron chi connectivity index (χ4n) is 1.92. The lowest BCUT2D eigenvalue weighted by atomic mass is 10.1. The molecule has 0 aliphatic carbocycles. The molecule has 4 rings (SSSR count). The Labute approximate surface area is 125 Å². The second kappa shape index (κ2) is 7.36. The van der Waals surface area contributed by atoms with Gasteiger partial charge in [-0.25, -0.2) is 0 Å². The number of epoxide rings is 2. The van der Waals surface area contributed by atoms with E-state index in [0.29, 0.717) is 12.2 Å². The van der Waals surface area contributed by atoms with Gasteiger partial charge in [-0.1, -0.05) is 60.7 Å². The molecule has 2 aliphatic rings. The Bertz CT molecular complexity index is 469. The van der Waals surface area contributed by atoms with Gasteiger partial charge in [0, 0.05) is 0 Å². The summed E-state index contributed by atoms with van der Waals surface area (Å²) in [7, 11) is 0. The fourth-order valence-corrected chi connectivity index (χ4v) is 1.92. The van der Waals surface area contributed by atoms with Crippen LogP contribution in [0.15, 0.2) is 60.7 Å². The maximum atomic E-state index is 5.23. The van der Waals surface area contributed by atoms with E-state index in [4.69, 9.17) is 14.2 Å². The van der Waals surface area contributed by atoms with Crippen LogP contribution in [-0.2, 0) is 14.2 Å². The Balaban J connectivity index is 0.000000131. The standard InChI is InChI=1S/C12H10.C6H10O3/c1-3-7-11(8-4-1)12-9-5-2-6-10-12;1(5-3-8-5)7-2-6-4-9-6/h1-10H;5-6H,1-4H2. The van der Waals surface area contributed by atoms with Crippen molar-refractivity contribution in [2.75, 3.05) is 26.4 Å². The summed E-state index contributed by atoms with van der Waals surface area (Å²) in [6.45, 7) is 3.26. The molecule has 0 radical (unpaired) electrons. The highest BCUT2D eigenvalue weighted by molar-refractivity contribution is 5.62. The number of hydrogen-bond donors (Lipinski definition) is 0. The average Bonchev–Trinajstić information content (AvgIpc) is 3.45. The molecule has 2 fully saturated rings. The largest absolute Gasteiger partial charge is 0.376 e. The molecule has 2 aromatic carbocycles. The highest BCUT2D eigenvalue weighted by atomic mass is 16.6. The first-order valence-corrected chi connectivity index (χ1v) is 7.33. The summed E-state index contributed by atoms with van der Waals surface area (Å²) in [5.41, 5.74) is 2.55. The molecule has 2 aliphatic heterocycles. The zero-order valence-electron chi connectivity index (χ0n) is 12.0. The molecule has 2 saturated heterocycles. The van der Waals surface area contributed by atoms with Crippen molar-refractivity contribution in [1.82, 2.24) is 0 Å². The van der Waals surface area contributed by atoms with Gasteiger partial charge in [-0.3, -0.25) is 0 Å². The predicted octanol–water partition coefficient (Wildman–Crippen LogP) is 3.15. The first-order valence-electron chi connectivity index (χ1n) is 7.33. The van der Waals surface area contributed by atoms with Crippen LogP contribution in [0.4, 0.5) is 0 Å². The lowest BCUT2D eigenvalue weighted by Crippen LogP contribution is -2.06. The van der Waals surface area contributed by atoms with E-state index in [1.165, 1.54) is 11.1 Å². The molecule has 2 atom stereocenters. The fraction of sp³-hybridized carbons (Fsp3) is 0.333. The Morgan fingerprint density at radius 3 is 1.43 bits per heavy atom. The molecule has 0 saturated carbocycles. The number of benzene rings is 2. The van der Waals surface area contributed by atoms with Crippen molar-refractivity contribution in [3.05, 3.63) is 60.7 Å². The van der Waals surface area contributed by atoms with Crippen molar-refractivity contribution in [3.8, 4) is 11.1 Å². The molecule has 2 heterocycles. The highest BCUT2D eigenvalue weighted by Gasteiger charge is 2.26. The van der Waals surface area contributed by atoms with E-state index in [0.717, 1.165) is 26.4 Å². The number of rotatable bonds is 5. The van der Waals surface area contributed by atoms with Crippen LogP contribution in [0.1, 0.15) is 0 Å². The van der Waals surface area contributed by atoms with Crippen molar-refractivity contribution >= 4 is 0 Å². The van der Waals surface area contributed by atoms with Crippen LogP contribution in [0.3, 0.4) is 0 Å². The number of ether oxygens (including phenoxy) is 3. The molecule has 21 heavy (non-hydrogen) atoms. The Morgan fingerprint density at radius 1 is 0.714 bits per heavy atom. The molecule has 0 N–H and O–H groups in total. The molecule has 0 bridgehead atoms. The summed E-state index contributed by atoms with van der Waals surface area (Å²) in [5, 5.41) is 0. The van der Waals surface area contributed by atoms with Gasteiger partial charge in [-0.05, 0) is 11.1 Å². The maximum Gasteiger partial charge on any atom is 0.104 e. The average molecular weight is 284 g/mol. The van der Waals surface area contributed by atoms with Crippen LogP contribution in [0.25, 0.3) is 11.1 Å². The van der Waals surface area contributed by atoms with Crippen LogP contribution in [-0.4, -0.2) is 38.6 Å². The molecule has 2 aromatic rings. The second-order valence-corrected chi connectivity index (χ2v) is 5.18. The molecule has 2 unspecified atom stereocenters. The van der Waals surface area contributed by atoms with Crippen LogP contribution in [0.5, 0.6) is 0 Å². The summed E-state index contributed by atoms with van der Waals surface area (Å²) < 4.78 is 15.1. The molecule has 0 aromatic heterocycles. The van der Waals surface area contributed by atoms with Crippen LogP contribution < -0.4 is 0 Å². The van der Waals surface area contributed by atoms with Crippen molar-refractivity contribution < 1.29 is 14.2 Å². The quantitative estimate of drug-likeness (QED) is 0.791. The topological polar surface area (TPSA) is 34.3 Å². The van der Waals surface area contributed by atoms with Gasteiger partial charge in [0.1, 0.15) is 12.2 Å². The monoisotopic (exact) mass is 284 g/mol. The van der Waals surface area contributed by atoms with E-state index in [9.17, 15) is 0 Å². The van der Waals surface area contributed by atoms with E-state index in [1.54, 1.807) is 0 Å². The van der Waals surface area contributed by atoms with E-state index in [-0.39, 0.29) is 0 Å². The minimum atomic E-state index is 0.392. The van der Waals surface area contributed by atoms with Gasteiger partial charge in [-0.2, -0.15) is 0 Å². The third-order valence-electron chi connectivity index (χ3n) is 3.29. The van der Waals surface area contributed by atoms with Gasteiger partial charge in [0.25, 0.3) is 0 Å². The third kappa shape index (κ3) is 5.31. The van der Waals surface area contributed by atoms with Gasteiger partial charge >= 0.3 is 0 Å². The van der Waals surface area contributed by atoms with E-state index in [1.807, 2.05) is 12.1 Å². The lowest BCUT2D eigenvalue weighted by Gasteiger charge is -1.98. The molecule has 0 amide bonds. The smallest absolute Gasteiger partial charge is 0.104 e. The van der Waals surface area contributed by atoms with Gasteiger partial charge in [0.05, 0.1) is 26.4 Å². The summed E-state index contributed by atoms with van der Waals surface area (Å²) in [4.78, 5) is 0. The molecule has 3 heteroatoms. The van der Waals surface area contributed by atoms with E-state index in [2.05, 4.69) is 48.5 Å². The summed E-state index contributed by atoms with van der Waals surface area (Å²) in [6, 6.07) is 20.8. The minimum absolute atomic E-state index is 0.392. The first kappa shape index (κ1) is 14.3. The minimum Gasteiger partial charge on any atom is -0.376 e. The third-order valence-corrected chi connectivity index (χ3v) is 3.29. The van der Waals surface area contributed by atoms with Crippen molar-refractivity contribution in [2.24, 2.45) is 0 Å². The van der Waals surface area contributed by atoms with Crippen molar-refractivity contribution in [1.29, 1.82) is 0 Å². The second-order valence-electron chi connectivity index (χ2n) is 5.18. The highest BCUT2D eigenvalue weighted by Crippen LogP contribution is 2.17. The molecular weight excluding hydrogens is 264 g/mol. The zero-order valence-corrected chi connectivity index (χ0v) is 12.0. The van der Waals surface area contributed by atoms with E-state index >= 15 is 0 Å². The first-order chi connectivity index (χ1) is 10.4. The summed E-state index contributed by atoms with van der Waals surface area (Å²) >= 11 is 0.